The van der Waals surface area contributed by atoms with Crippen LogP contribution in [0, 0.1) is 5.92 Å². The first-order valence-electron chi connectivity index (χ1n) is 5.42. The van der Waals surface area contributed by atoms with Crippen LogP contribution in [0.2, 0.25) is 18.1 Å². The molecule has 1 atom stereocenters. The van der Waals surface area contributed by atoms with E-state index in [-0.39, 0.29) is 16.7 Å². The minimum atomic E-state index is -1.71. The van der Waals surface area contributed by atoms with Crippen molar-refractivity contribution < 1.29 is 9.22 Å². The molecule has 0 radical (unpaired) electrons. The summed E-state index contributed by atoms with van der Waals surface area (Å²) in [7, 11) is -1.71. The largest absolute Gasteiger partial charge is 0.416 e. The third-order valence-corrected chi connectivity index (χ3v) is 7.69. The summed E-state index contributed by atoms with van der Waals surface area (Å²) in [4.78, 5) is 11.3. The second-order valence-electron chi connectivity index (χ2n) is 5.58. The lowest BCUT2D eigenvalue weighted by Crippen LogP contribution is -2.42. The van der Waals surface area contributed by atoms with Gasteiger partial charge in [0.15, 0.2) is 14.1 Å². The van der Waals surface area contributed by atoms with Gasteiger partial charge in [-0.1, -0.05) is 34.3 Å². The minimum absolute atomic E-state index is 0.0636. The molecular formula is C12H24O2Si. The van der Waals surface area contributed by atoms with Gasteiger partial charge in [0, 0.05) is 12.5 Å². The molecule has 0 aromatic carbocycles. The number of carbonyl (C=O) groups excluding carboxylic acids is 1. The molecule has 2 nitrogen and oxygen atoms in total. The Kier molecular flexibility index (Phi) is 4.94. The molecule has 15 heavy (non-hydrogen) atoms. The molecule has 0 aromatic heterocycles. The van der Waals surface area contributed by atoms with Crippen LogP contribution in [0.1, 0.15) is 27.7 Å². The molecule has 0 fully saturated rings. The maximum Gasteiger partial charge on any atom is 0.192 e. The number of allylic oxidation sites excluding steroid dienone is 1. The van der Waals surface area contributed by atoms with Gasteiger partial charge in [0.25, 0.3) is 0 Å². The number of hydrogen-bond acceptors (Lipinski definition) is 2. The van der Waals surface area contributed by atoms with Gasteiger partial charge in [0.05, 0.1) is 0 Å². The molecule has 0 aliphatic rings. The van der Waals surface area contributed by atoms with Crippen molar-refractivity contribution in [3.8, 4) is 0 Å². The summed E-state index contributed by atoms with van der Waals surface area (Å²) in [5.41, 5.74) is 0. The maximum atomic E-state index is 11.3. The average Bonchev–Trinajstić information content (AvgIpc) is 2.11. The van der Waals surface area contributed by atoms with E-state index in [9.17, 15) is 4.79 Å². The summed E-state index contributed by atoms with van der Waals surface area (Å²) >= 11 is 0. The van der Waals surface area contributed by atoms with Gasteiger partial charge in [0.1, 0.15) is 0 Å². The molecule has 88 valence electrons. The molecule has 0 aliphatic heterocycles. The molecule has 0 aromatic rings. The second kappa shape index (κ2) is 5.08. The van der Waals surface area contributed by atoms with Crippen LogP contribution in [0.3, 0.4) is 0 Å². The zero-order valence-electron chi connectivity index (χ0n) is 10.9. The van der Waals surface area contributed by atoms with Crippen LogP contribution in [0.15, 0.2) is 12.7 Å². The van der Waals surface area contributed by atoms with Crippen molar-refractivity contribution in [3.63, 3.8) is 0 Å². The summed E-state index contributed by atoms with van der Waals surface area (Å²) in [6.07, 6.45) is 1.37. The Morgan fingerprint density at radius 1 is 1.47 bits per heavy atom. The zero-order chi connectivity index (χ0) is 12.3. The van der Waals surface area contributed by atoms with E-state index >= 15 is 0 Å². The average molecular weight is 228 g/mol. The molecular weight excluding hydrogens is 204 g/mol. The van der Waals surface area contributed by atoms with Crippen molar-refractivity contribution in [3.05, 3.63) is 12.7 Å². The van der Waals surface area contributed by atoms with Gasteiger partial charge < -0.3 is 4.43 Å². The van der Waals surface area contributed by atoms with E-state index in [0.717, 1.165) is 0 Å². The molecule has 0 N–H and O–H groups in total. The van der Waals surface area contributed by atoms with E-state index < -0.39 is 8.32 Å². The molecule has 0 saturated heterocycles. The lowest BCUT2D eigenvalue weighted by atomic mass is 10.1. The van der Waals surface area contributed by atoms with Crippen molar-refractivity contribution in [2.24, 2.45) is 5.92 Å². The van der Waals surface area contributed by atoms with Crippen molar-refractivity contribution in [2.45, 2.75) is 45.8 Å². The molecule has 0 aliphatic carbocycles. The predicted octanol–water partition coefficient (Wildman–Crippen LogP) is 3.40. The number of carbonyl (C=O) groups is 1. The van der Waals surface area contributed by atoms with Gasteiger partial charge in [-0.2, -0.15) is 0 Å². The zero-order valence-corrected chi connectivity index (χ0v) is 11.9. The van der Waals surface area contributed by atoms with Gasteiger partial charge >= 0.3 is 0 Å². The first kappa shape index (κ1) is 14.6. The van der Waals surface area contributed by atoms with Crippen LogP contribution < -0.4 is 0 Å². The van der Waals surface area contributed by atoms with E-state index in [4.69, 9.17) is 4.43 Å². The van der Waals surface area contributed by atoms with Gasteiger partial charge in [-0.3, -0.25) is 4.79 Å². The molecule has 3 heteroatoms. The fraction of sp³-hybridized carbons (Fsp3) is 0.750. The molecule has 0 heterocycles. The highest BCUT2D eigenvalue weighted by atomic mass is 28.4. The Bertz CT molecular complexity index is 238. The lowest BCUT2D eigenvalue weighted by Gasteiger charge is -2.36. The van der Waals surface area contributed by atoms with Crippen LogP contribution in [0.5, 0.6) is 0 Å². The van der Waals surface area contributed by atoms with E-state index in [1.54, 1.807) is 0 Å². The standard InChI is InChI=1S/C12H24O2Si/c1-8-11(13)10(2)9-14-15(6,7)12(3,4)5/h8,10H,1,9H2,2-7H3/t10-/m0/s1. The maximum absolute atomic E-state index is 11.3. The van der Waals surface area contributed by atoms with Crippen LogP contribution in [0.25, 0.3) is 0 Å². The number of hydrogen-bond donors (Lipinski definition) is 0. The molecule has 0 saturated carbocycles. The van der Waals surface area contributed by atoms with Gasteiger partial charge in [-0.05, 0) is 24.2 Å². The molecule has 0 unspecified atom stereocenters. The highest BCUT2D eigenvalue weighted by Crippen LogP contribution is 2.36. The quantitative estimate of drug-likeness (QED) is 0.532. The Morgan fingerprint density at radius 3 is 2.27 bits per heavy atom. The van der Waals surface area contributed by atoms with Crippen molar-refractivity contribution in [1.82, 2.24) is 0 Å². The Balaban J connectivity index is 4.27. The first-order chi connectivity index (χ1) is 6.62. The first-order valence-corrected chi connectivity index (χ1v) is 8.33. The third-order valence-electron chi connectivity index (χ3n) is 3.19. The molecule has 0 amide bonds. The third kappa shape index (κ3) is 4.30. The van der Waals surface area contributed by atoms with E-state index in [0.29, 0.717) is 6.61 Å². The summed E-state index contributed by atoms with van der Waals surface area (Å²) in [5.74, 6) is -0.00895. The number of ketones is 1. The van der Waals surface area contributed by atoms with Gasteiger partial charge in [-0.25, -0.2) is 0 Å². The van der Waals surface area contributed by atoms with Crippen LogP contribution >= 0.6 is 0 Å². The summed E-state index contributed by atoms with van der Waals surface area (Å²) in [6, 6.07) is 0. The van der Waals surface area contributed by atoms with Crippen molar-refractivity contribution in [2.75, 3.05) is 6.61 Å². The second-order valence-corrected chi connectivity index (χ2v) is 10.4. The van der Waals surface area contributed by atoms with E-state index in [1.807, 2.05) is 6.92 Å². The van der Waals surface area contributed by atoms with Gasteiger partial charge in [0.2, 0.25) is 0 Å². The van der Waals surface area contributed by atoms with Gasteiger partial charge in [-0.15, -0.1) is 0 Å². The fourth-order valence-electron chi connectivity index (χ4n) is 0.833. The highest BCUT2D eigenvalue weighted by Gasteiger charge is 2.37. The minimum Gasteiger partial charge on any atom is -0.416 e. The Hall–Kier alpha value is -0.413. The fourth-order valence-corrected chi connectivity index (χ4v) is 1.93. The normalized spacial score (nSPS) is 14.8. The Labute approximate surface area is 94.8 Å². The van der Waals surface area contributed by atoms with Crippen LogP contribution in [-0.4, -0.2) is 20.7 Å². The molecule has 0 bridgehead atoms. The lowest BCUT2D eigenvalue weighted by molar-refractivity contribution is -0.118. The highest BCUT2D eigenvalue weighted by molar-refractivity contribution is 6.74. The summed E-state index contributed by atoms with van der Waals surface area (Å²) in [6.45, 7) is 16.8. The summed E-state index contributed by atoms with van der Waals surface area (Å²) < 4.78 is 5.95. The summed E-state index contributed by atoms with van der Waals surface area (Å²) in [5, 5.41) is 0.198. The topological polar surface area (TPSA) is 26.3 Å². The SMILES string of the molecule is C=CC(=O)[C@@H](C)CO[Si](C)(C)C(C)(C)C. The van der Waals surface area contributed by atoms with Crippen LogP contribution in [-0.2, 0) is 9.22 Å². The van der Waals surface area contributed by atoms with E-state index in [1.165, 1.54) is 6.08 Å². The molecule has 0 rings (SSSR count). The Morgan fingerprint density at radius 2 is 1.93 bits per heavy atom. The monoisotopic (exact) mass is 228 g/mol. The van der Waals surface area contributed by atoms with Crippen molar-refractivity contribution in [1.29, 1.82) is 0 Å². The van der Waals surface area contributed by atoms with E-state index in [2.05, 4.69) is 40.4 Å². The number of rotatable bonds is 5. The smallest absolute Gasteiger partial charge is 0.192 e. The molecule has 0 spiro atoms. The predicted molar refractivity (Wildman–Crippen MR) is 67.5 cm³/mol. The van der Waals surface area contributed by atoms with Crippen molar-refractivity contribution >= 4 is 14.1 Å². The van der Waals surface area contributed by atoms with Crippen LogP contribution in [0.4, 0.5) is 0 Å².